The molecule has 2 unspecified atom stereocenters. The number of esters is 4. The number of ether oxygens (including phenoxy) is 4. The SMILES string of the molecule is CCCCCCCCCCCCCCCCCCCCCC(=O)O[C@H](COC(=O)CCCCCCCCCCCCCCC(C)C)COP(=O)(O)OC[C@@H](O)COP(=O)(O)OC[C@@H](COC(=O)CCCCCCCCCC(C)C)OC(=O)CCCCCCCCCCCCCCCC. The highest BCUT2D eigenvalue weighted by atomic mass is 31.2. The molecule has 0 aromatic heterocycles. The lowest BCUT2D eigenvalue weighted by Gasteiger charge is -2.21. The van der Waals surface area contributed by atoms with Gasteiger partial charge in [-0.3, -0.25) is 37.3 Å². The molecule has 0 bridgehead atoms. The smallest absolute Gasteiger partial charge is 0.462 e. The van der Waals surface area contributed by atoms with Crippen LogP contribution in [0.1, 0.15) is 414 Å². The normalized spacial score (nSPS) is 13.9. The Balaban J connectivity index is 5.24. The molecule has 17 nitrogen and oxygen atoms in total. The molecule has 0 saturated heterocycles. The fourth-order valence-electron chi connectivity index (χ4n) is 12.2. The van der Waals surface area contributed by atoms with Crippen molar-refractivity contribution in [2.75, 3.05) is 39.6 Å². The van der Waals surface area contributed by atoms with Crippen LogP contribution < -0.4 is 0 Å². The van der Waals surface area contributed by atoms with Crippen LogP contribution in [0, 0.1) is 11.8 Å². The van der Waals surface area contributed by atoms with E-state index in [0.717, 1.165) is 102 Å². The molecule has 0 amide bonds. The summed E-state index contributed by atoms with van der Waals surface area (Å²) >= 11 is 0. The Kier molecular flexibility index (Phi) is 69.3. The van der Waals surface area contributed by atoms with E-state index in [1.54, 1.807) is 0 Å². The van der Waals surface area contributed by atoms with Gasteiger partial charge >= 0.3 is 39.5 Å². The minimum absolute atomic E-state index is 0.107. The first kappa shape index (κ1) is 96.1. The van der Waals surface area contributed by atoms with Gasteiger partial charge in [-0.1, -0.05) is 363 Å². The molecule has 0 saturated carbocycles. The fourth-order valence-corrected chi connectivity index (χ4v) is 13.8. The molecule has 0 aliphatic carbocycles. The molecule has 98 heavy (non-hydrogen) atoms. The van der Waals surface area contributed by atoms with Crippen molar-refractivity contribution >= 4 is 39.5 Å². The highest BCUT2D eigenvalue weighted by Crippen LogP contribution is 2.45. The maximum absolute atomic E-state index is 13.1. The van der Waals surface area contributed by atoms with Gasteiger partial charge in [-0.25, -0.2) is 9.13 Å². The van der Waals surface area contributed by atoms with E-state index < -0.39 is 97.5 Å². The highest BCUT2D eigenvalue weighted by Gasteiger charge is 2.30. The lowest BCUT2D eigenvalue weighted by atomic mass is 10.0. The molecule has 0 spiro atoms. The number of hydrogen-bond acceptors (Lipinski definition) is 15. The summed E-state index contributed by atoms with van der Waals surface area (Å²) in [5.41, 5.74) is 0. The second-order valence-corrected chi connectivity index (χ2v) is 32.3. The summed E-state index contributed by atoms with van der Waals surface area (Å²) in [5.74, 6) is -0.624. The zero-order valence-electron chi connectivity index (χ0n) is 64.1. The second-order valence-electron chi connectivity index (χ2n) is 29.4. The summed E-state index contributed by atoms with van der Waals surface area (Å²) in [7, 11) is -9.92. The Bertz CT molecular complexity index is 1890. The summed E-state index contributed by atoms with van der Waals surface area (Å²) in [4.78, 5) is 72.9. The van der Waals surface area contributed by atoms with Crippen LogP contribution in [0.25, 0.3) is 0 Å². The Morgan fingerprint density at radius 1 is 0.276 bits per heavy atom. The number of hydrogen-bond donors (Lipinski definition) is 3. The van der Waals surface area contributed by atoms with Crippen LogP contribution in [-0.4, -0.2) is 96.7 Å². The summed E-state index contributed by atoms with van der Waals surface area (Å²) < 4.78 is 68.6. The summed E-state index contributed by atoms with van der Waals surface area (Å²) in [6.45, 7) is 9.58. The fraction of sp³-hybridized carbons (Fsp3) is 0.949. The number of rotatable bonds is 78. The number of aliphatic hydroxyl groups is 1. The average Bonchev–Trinajstić information content (AvgIpc) is 1.03. The van der Waals surface area contributed by atoms with Crippen molar-refractivity contribution in [3.8, 4) is 0 Å². The van der Waals surface area contributed by atoms with E-state index in [0.29, 0.717) is 31.6 Å². The molecule has 0 aliphatic heterocycles. The van der Waals surface area contributed by atoms with Gasteiger partial charge in [-0.15, -0.1) is 0 Å². The molecule has 3 N–H and O–H groups in total. The van der Waals surface area contributed by atoms with Crippen molar-refractivity contribution in [2.45, 2.75) is 432 Å². The van der Waals surface area contributed by atoms with E-state index >= 15 is 0 Å². The Morgan fingerprint density at radius 3 is 0.694 bits per heavy atom. The molecule has 19 heteroatoms. The number of unbranched alkanes of at least 4 members (excludes halogenated alkanes) is 48. The number of aliphatic hydroxyl groups excluding tert-OH is 1. The Labute approximate surface area is 600 Å². The summed E-state index contributed by atoms with van der Waals surface area (Å²) in [5, 5.41) is 10.6. The van der Waals surface area contributed by atoms with Gasteiger partial charge in [0.25, 0.3) is 0 Å². The molecule has 5 atom stereocenters. The van der Waals surface area contributed by atoms with E-state index in [4.69, 9.17) is 37.0 Å². The van der Waals surface area contributed by atoms with Crippen LogP contribution in [0.2, 0.25) is 0 Å². The molecule has 0 aromatic rings. The van der Waals surface area contributed by atoms with Crippen molar-refractivity contribution in [1.82, 2.24) is 0 Å². The average molecular weight is 1440 g/mol. The molecule has 0 radical (unpaired) electrons. The topological polar surface area (TPSA) is 237 Å². The predicted molar refractivity (Wildman–Crippen MR) is 400 cm³/mol. The van der Waals surface area contributed by atoms with Crippen molar-refractivity contribution in [3.05, 3.63) is 0 Å². The molecule has 0 heterocycles. The summed E-state index contributed by atoms with van der Waals surface area (Å²) in [6, 6.07) is 0. The second kappa shape index (κ2) is 70.7. The van der Waals surface area contributed by atoms with Gasteiger partial charge in [0.1, 0.15) is 19.3 Å². The van der Waals surface area contributed by atoms with Gasteiger partial charge in [0.15, 0.2) is 12.2 Å². The minimum atomic E-state index is -4.96. The van der Waals surface area contributed by atoms with Crippen LogP contribution in [0.3, 0.4) is 0 Å². The van der Waals surface area contributed by atoms with Crippen molar-refractivity contribution in [3.63, 3.8) is 0 Å². The van der Waals surface area contributed by atoms with E-state index in [-0.39, 0.29) is 25.7 Å². The third-order valence-electron chi connectivity index (χ3n) is 18.5. The number of phosphoric acid groups is 2. The van der Waals surface area contributed by atoms with E-state index in [2.05, 4.69) is 41.5 Å². The Hall–Kier alpha value is -1.94. The van der Waals surface area contributed by atoms with Gasteiger partial charge < -0.3 is 33.8 Å². The minimum Gasteiger partial charge on any atom is -0.462 e. The quantitative estimate of drug-likeness (QED) is 0.0222. The van der Waals surface area contributed by atoms with Crippen molar-refractivity contribution in [1.29, 1.82) is 0 Å². The number of carbonyl (C=O) groups excluding carboxylic acids is 4. The first-order chi connectivity index (χ1) is 47.4. The number of phosphoric ester groups is 2. The Morgan fingerprint density at radius 2 is 0.469 bits per heavy atom. The van der Waals surface area contributed by atoms with Crippen LogP contribution >= 0.6 is 15.6 Å². The monoisotopic (exact) mass is 1440 g/mol. The van der Waals surface area contributed by atoms with Gasteiger partial charge in [0.05, 0.1) is 26.4 Å². The van der Waals surface area contributed by atoms with E-state index in [1.165, 1.54) is 225 Å². The first-order valence-corrected chi connectivity index (χ1v) is 44.0. The molecule has 0 fully saturated rings. The van der Waals surface area contributed by atoms with Crippen molar-refractivity contribution < 1.29 is 80.2 Å². The van der Waals surface area contributed by atoms with Crippen LogP contribution in [0.5, 0.6) is 0 Å². The van der Waals surface area contributed by atoms with Crippen molar-refractivity contribution in [2.24, 2.45) is 11.8 Å². The molecule has 0 rings (SSSR count). The van der Waals surface area contributed by atoms with Gasteiger partial charge in [0.2, 0.25) is 0 Å². The van der Waals surface area contributed by atoms with E-state index in [1.807, 2.05) is 0 Å². The van der Waals surface area contributed by atoms with Crippen LogP contribution in [0.15, 0.2) is 0 Å². The molecular formula is C79H154O17P2. The lowest BCUT2D eigenvalue weighted by Crippen LogP contribution is -2.30. The predicted octanol–water partition coefficient (Wildman–Crippen LogP) is 23.5. The highest BCUT2D eigenvalue weighted by molar-refractivity contribution is 7.47. The van der Waals surface area contributed by atoms with Crippen LogP contribution in [0.4, 0.5) is 0 Å². The van der Waals surface area contributed by atoms with E-state index in [9.17, 15) is 43.2 Å². The van der Waals surface area contributed by atoms with Gasteiger partial charge in [-0.2, -0.15) is 0 Å². The standard InChI is InChI=1S/C79H154O17P2/c1-7-9-11-13-15-17-19-21-23-24-25-26-27-29-35-39-45-52-58-64-78(83)95-74(67-89-76(81)61-55-49-43-37-33-31-30-32-36-41-47-53-59-71(3)4)69-93-97(85,86)91-65-73(80)66-92-98(87,88)94-70-75(68-90-77(82)62-56-50-46-40-42-48-54-60-72(5)6)96-79(84)63-57-51-44-38-34-28-22-20-18-16-14-12-10-8-2/h71-75,80H,7-70H2,1-6H3,(H,85,86)(H,87,88)/t73-,74-,75-/m1/s1. The first-order valence-electron chi connectivity index (χ1n) is 41.0. The lowest BCUT2D eigenvalue weighted by molar-refractivity contribution is -0.161. The zero-order valence-corrected chi connectivity index (χ0v) is 65.9. The van der Waals surface area contributed by atoms with Crippen LogP contribution in [-0.2, 0) is 65.4 Å². The largest absolute Gasteiger partial charge is 0.472 e. The third kappa shape index (κ3) is 72.4. The maximum Gasteiger partial charge on any atom is 0.472 e. The maximum atomic E-state index is 13.1. The molecular weight excluding hydrogens is 1280 g/mol. The molecule has 582 valence electrons. The summed E-state index contributed by atoms with van der Waals surface area (Å²) in [6.07, 6.45) is 59.7. The van der Waals surface area contributed by atoms with Gasteiger partial charge in [0, 0.05) is 25.7 Å². The van der Waals surface area contributed by atoms with Gasteiger partial charge in [-0.05, 0) is 37.5 Å². The third-order valence-corrected chi connectivity index (χ3v) is 20.4. The molecule has 0 aromatic carbocycles. The zero-order chi connectivity index (χ0) is 72.1. The number of carbonyl (C=O) groups is 4. The molecule has 0 aliphatic rings.